The monoisotopic (exact) mass is 482 g/mol. The van der Waals surface area contributed by atoms with Crippen LogP contribution < -0.4 is 4.74 Å². The summed E-state index contributed by atoms with van der Waals surface area (Å²) in [6, 6.07) is 9.04. The molecule has 1 N–H and O–H groups in total. The first-order valence-corrected chi connectivity index (χ1v) is 9.88. The Labute approximate surface area is 189 Å². The van der Waals surface area contributed by atoms with Crippen LogP contribution in [0.4, 0.5) is 26.3 Å². The van der Waals surface area contributed by atoms with Gasteiger partial charge in [0.1, 0.15) is 5.75 Å². The van der Waals surface area contributed by atoms with Gasteiger partial charge in [-0.3, -0.25) is 4.79 Å². The fraction of sp³-hybridized carbons (Fsp3) is 0.217. The Balaban J connectivity index is 1.73. The molecule has 1 aliphatic rings. The molecule has 0 saturated carbocycles. The maximum atomic E-state index is 13.2. The highest BCUT2D eigenvalue weighted by molar-refractivity contribution is 5.80. The number of halogens is 6. The van der Waals surface area contributed by atoms with Crippen molar-refractivity contribution < 1.29 is 41.0 Å². The first kappa shape index (κ1) is 23.4. The van der Waals surface area contributed by atoms with E-state index in [0.717, 1.165) is 4.90 Å². The number of fused-ring (bicyclic) bond motifs is 1. The number of nitrogens with zero attached hydrogens (tertiary/aromatic N) is 2. The van der Waals surface area contributed by atoms with E-state index < -0.39 is 42.5 Å². The van der Waals surface area contributed by atoms with E-state index in [4.69, 9.17) is 4.74 Å². The van der Waals surface area contributed by atoms with Crippen LogP contribution in [0.1, 0.15) is 22.3 Å². The number of benzene rings is 2. The van der Waals surface area contributed by atoms with Gasteiger partial charge in [-0.1, -0.05) is 12.1 Å². The zero-order chi connectivity index (χ0) is 24.7. The van der Waals surface area contributed by atoms with E-state index in [2.05, 4.69) is 4.98 Å². The molecule has 11 heteroatoms. The van der Waals surface area contributed by atoms with Crippen LogP contribution in [0.3, 0.4) is 0 Å². The molecule has 0 aliphatic carbocycles. The molecular formula is C23H16F6N2O3. The Hall–Kier alpha value is -3.76. The minimum atomic E-state index is -5.00. The summed E-state index contributed by atoms with van der Waals surface area (Å²) in [5.74, 6) is -0.545. The molecule has 178 valence electrons. The summed E-state index contributed by atoms with van der Waals surface area (Å²) in [4.78, 5) is 17.8. The second kappa shape index (κ2) is 8.54. The fourth-order valence-electron chi connectivity index (χ4n) is 3.67. The lowest BCUT2D eigenvalue weighted by Crippen LogP contribution is -2.32. The summed E-state index contributed by atoms with van der Waals surface area (Å²) in [6.45, 7) is -1.18. The second-order valence-corrected chi connectivity index (χ2v) is 7.65. The van der Waals surface area contributed by atoms with Crippen molar-refractivity contribution in [1.29, 1.82) is 0 Å². The van der Waals surface area contributed by atoms with Crippen LogP contribution in [0.2, 0.25) is 0 Å². The standard InChI is InChI=1S/C23H16F6N2O3/c24-22(25,26)15-6-13(7-16(9-15)23(27,28)29)10-31-11-19-18(14-2-1-3-17(32)8-14)4-5-30-21(19)34-12-20(31)33/h1-9,32H,10-12H2. The molecule has 1 aliphatic heterocycles. The lowest BCUT2D eigenvalue weighted by Gasteiger charge is -2.22. The van der Waals surface area contributed by atoms with Crippen molar-refractivity contribution >= 4 is 5.91 Å². The number of hydrogen-bond acceptors (Lipinski definition) is 4. The van der Waals surface area contributed by atoms with Crippen LogP contribution >= 0.6 is 0 Å². The number of pyridine rings is 1. The maximum Gasteiger partial charge on any atom is 0.416 e. The molecule has 2 aromatic carbocycles. The van der Waals surface area contributed by atoms with Crippen LogP contribution in [0.15, 0.2) is 54.7 Å². The molecule has 1 aromatic heterocycles. The number of alkyl halides is 6. The van der Waals surface area contributed by atoms with Crippen LogP contribution in [0.25, 0.3) is 11.1 Å². The SMILES string of the molecule is O=C1COc2nccc(-c3cccc(O)c3)c2CN1Cc1cc(C(F)(F)F)cc(C(F)(F)F)c1. The first-order chi connectivity index (χ1) is 15.9. The lowest BCUT2D eigenvalue weighted by molar-refractivity contribution is -0.143. The zero-order valence-electron chi connectivity index (χ0n) is 17.2. The number of hydrogen-bond donors (Lipinski definition) is 1. The number of aromatic hydroxyl groups is 1. The average Bonchev–Trinajstić information content (AvgIpc) is 2.91. The summed E-state index contributed by atoms with van der Waals surface area (Å²) in [5.41, 5.74) is -1.74. The van der Waals surface area contributed by atoms with Gasteiger partial charge in [-0.05, 0) is 53.1 Å². The van der Waals surface area contributed by atoms with E-state index in [9.17, 15) is 36.2 Å². The quantitative estimate of drug-likeness (QED) is 0.507. The minimum Gasteiger partial charge on any atom is -0.508 e. The van der Waals surface area contributed by atoms with Gasteiger partial charge >= 0.3 is 12.4 Å². The molecule has 34 heavy (non-hydrogen) atoms. The highest BCUT2D eigenvalue weighted by atomic mass is 19.4. The van der Waals surface area contributed by atoms with Gasteiger partial charge in [0.25, 0.3) is 5.91 Å². The van der Waals surface area contributed by atoms with Crippen LogP contribution in [0, 0.1) is 0 Å². The Morgan fingerprint density at radius 3 is 2.26 bits per heavy atom. The van der Waals surface area contributed by atoms with Gasteiger partial charge < -0.3 is 14.7 Å². The molecule has 5 nitrogen and oxygen atoms in total. The molecule has 1 amide bonds. The molecule has 0 atom stereocenters. The topological polar surface area (TPSA) is 62.7 Å². The number of carbonyl (C=O) groups is 1. The third kappa shape index (κ3) is 4.92. The summed E-state index contributed by atoms with van der Waals surface area (Å²) in [6.07, 6.45) is -8.57. The van der Waals surface area contributed by atoms with Gasteiger partial charge in [0.2, 0.25) is 5.88 Å². The van der Waals surface area contributed by atoms with Crippen molar-refractivity contribution in [3.05, 3.63) is 77.0 Å². The second-order valence-electron chi connectivity index (χ2n) is 7.65. The molecule has 0 fully saturated rings. The Morgan fingerprint density at radius 1 is 0.971 bits per heavy atom. The predicted molar refractivity (Wildman–Crippen MR) is 108 cm³/mol. The highest BCUT2D eigenvalue weighted by Crippen LogP contribution is 2.37. The number of phenolic OH excluding ortho intramolecular Hbond substituents is 1. The van der Waals surface area contributed by atoms with Crippen molar-refractivity contribution in [2.45, 2.75) is 25.4 Å². The molecule has 0 unspecified atom stereocenters. The number of carbonyl (C=O) groups excluding carboxylic acids is 1. The fourth-order valence-corrected chi connectivity index (χ4v) is 3.67. The third-order valence-electron chi connectivity index (χ3n) is 5.23. The van der Waals surface area contributed by atoms with Crippen molar-refractivity contribution in [2.24, 2.45) is 0 Å². The Bertz CT molecular complexity index is 1210. The Kier molecular flexibility index (Phi) is 5.88. The number of amides is 1. The number of phenols is 1. The summed E-state index contributed by atoms with van der Waals surface area (Å²) in [5, 5.41) is 9.81. The molecule has 3 aromatic rings. The average molecular weight is 482 g/mol. The van der Waals surface area contributed by atoms with Crippen LogP contribution in [0.5, 0.6) is 11.6 Å². The van der Waals surface area contributed by atoms with Gasteiger partial charge in [-0.15, -0.1) is 0 Å². The summed E-state index contributed by atoms with van der Waals surface area (Å²) in [7, 11) is 0. The highest BCUT2D eigenvalue weighted by Gasteiger charge is 2.37. The zero-order valence-corrected chi connectivity index (χ0v) is 17.2. The lowest BCUT2D eigenvalue weighted by atomic mass is 10.00. The van der Waals surface area contributed by atoms with Gasteiger partial charge in [0.15, 0.2) is 6.61 Å². The van der Waals surface area contributed by atoms with E-state index in [-0.39, 0.29) is 29.8 Å². The third-order valence-corrected chi connectivity index (χ3v) is 5.23. The molecule has 0 saturated heterocycles. The van der Waals surface area contributed by atoms with Gasteiger partial charge in [0, 0.05) is 18.3 Å². The molecule has 2 heterocycles. The van der Waals surface area contributed by atoms with E-state index in [1.807, 2.05) is 0 Å². The van der Waals surface area contributed by atoms with Crippen molar-refractivity contribution in [3.8, 4) is 22.8 Å². The summed E-state index contributed by atoms with van der Waals surface area (Å²) >= 11 is 0. The first-order valence-electron chi connectivity index (χ1n) is 9.88. The van der Waals surface area contributed by atoms with E-state index >= 15 is 0 Å². The van der Waals surface area contributed by atoms with Gasteiger partial charge in [0.05, 0.1) is 17.7 Å². The maximum absolute atomic E-state index is 13.2. The van der Waals surface area contributed by atoms with Crippen molar-refractivity contribution in [1.82, 2.24) is 9.88 Å². The number of aromatic nitrogens is 1. The normalized spacial score (nSPS) is 14.4. The minimum absolute atomic E-state index is 0.0193. The number of rotatable bonds is 3. The predicted octanol–water partition coefficient (Wildman–Crippen LogP) is 5.41. The Morgan fingerprint density at radius 2 is 1.65 bits per heavy atom. The molecule has 0 radical (unpaired) electrons. The van der Waals surface area contributed by atoms with E-state index in [1.54, 1.807) is 18.2 Å². The molecule has 4 rings (SSSR count). The molecule has 0 spiro atoms. The van der Waals surface area contributed by atoms with Gasteiger partial charge in [-0.25, -0.2) is 4.98 Å². The molecule has 0 bridgehead atoms. The number of ether oxygens (including phenoxy) is 1. The largest absolute Gasteiger partial charge is 0.508 e. The summed E-state index contributed by atoms with van der Waals surface area (Å²) < 4.78 is 84.8. The van der Waals surface area contributed by atoms with Gasteiger partial charge in [-0.2, -0.15) is 26.3 Å². The van der Waals surface area contributed by atoms with Crippen LogP contribution in [-0.4, -0.2) is 27.5 Å². The molecular weight excluding hydrogens is 466 g/mol. The smallest absolute Gasteiger partial charge is 0.416 e. The van der Waals surface area contributed by atoms with Crippen molar-refractivity contribution in [3.63, 3.8) is 0 Å². The van der Waals surface area contributed by atoms with E-state index in [1.165, 1.54) is 18.3 Å². The van der Waals surface area contributed by atoms with E-state index in [0.29, 0.717) is 28.8 Å². The van der Waals surface area contributed by atoms with Crippen molar-refractivity contribution in [2.75, 3.05) is 6.61 Å². The van der Waals surface area contributed by atoms with Crippen LogP contribution in [-0.2, 0) is 30.2 Å².